The van der Waals surface area contributed by atoms with Crippen LogP contribution in [0.1, 0.15) is 98.2 Å². The van der Waals surface area contributed by atoms with Crippen LogP contribution in [0.3, 0.4) is 0 Å². The molecule has 4 saturated carbocycles. The second-order valence-corrected chi connectivity index (χ2v) is 11.8. The van der Waals surface area contributed by atoms with Crippen LogP contribution >= 0.6 is 0 Å². The Labute approximate surface area is 226 Å². The Hall–Kier alpha value is -3.08. The van der Waals surface area contributed by atoms with Crippen LogP contribution in [0.25, 0.3) is 12.2 Å². The average molecular weight is 516 g/mol. The molecule has 0 aliphatic heterocycles. The van der Waals surface area contributed by atoms with Crippen molar-refractivity contribution in [3.05, 3.63) is 64.7 Å². The molecule has 202 valence electrons. The predicted molar refractivity (Wildman–Crippen MR) is 151 cm³/mol. The molecule has 2 aromatic carbocycles. The fourth-order valence-electron chi connectivity index (χ4n) is 7.54. The summed E-state index contributed by atoms with van der Waals surface area (Å²) >= 11 is 0. The first-order valence-electron chi connectivity index (χ1n) is 14.4. The van der Waals surface area contributed by atoms with Crippen molar-refractivity contribution in [3.63, 3.8) is 0 Å². The maximum Gasteiger partial charge on any atom is 0.338 e. The SMILES string of the molecule is CCOC(=O)c1ccc(/C=C/c2ccc(C34CC5CC(CC(C5)C3)C4)c(OCCCCCC(N)=O)c2)cc1. The quantitative estimate of drug-likeness (QED) is 0.189. The molecule has 0 heterocycles. The van der Waals surface area contributed by atoms with Crippen molar-refractivity contribution in [1.29, 1.82) is 0 Å². The van der Waals surface area contributed by atoms with Gasteiger partial charge in [0.25, 0.3) is 0 Å². The lowest BCUT2D eigenvalue weighted by atomic mass is 9.48. The van der Waals surface area contributed by atoms with Gasteiger partial charge >= 0.3 is 5.97 Å². The van der Waals surface area contributed by atoms with Gasteiger partial charge in [-0.05, 0) is 117 Å². The lowest BCUT2D eigenvalue weighted by Gasteiger charge is -2.57. The van der Waals surface area contributed by atoms with Crippen LogP contribution < -0.4 is 10.5 Å². The summed E-state index contributed by atoms with van der Waals surface area (Å²) in [6.07, 6.45) is 15.5. The highest BCUT2D eigenvalue weighted by atomic mass is 16.5. The Kier molecular flexibility index (Phi) is 8.21. The Morgan fingerprint density at radius 2 is 1.53 bits per heavy atom. The highest BCUT2D eigenvalue weighted by molar-refractivity contribution is 5.89. The fourth-order valence-corrected chi connectivity index (χ4v) is 7.54. The number of carbonyl (C=O) groups is 2. The van der Waals surface area contributed by atoms with E-state index in [1.807, 2.05) is 19.1 Å². The molecule has 0 spiro atoms. The molecule has 0 atom stereocenters. The molecule has 6 rings (SSSR count). The third-order valence-corrected chi connectivity index (χ3v) is 8.83. The molecule has 5 heteroatoms. The number of carbonyl (C=O) groups excluding carboxylic acids is 2. The van der Waals surface area contributed by atoms with E-state index in [4.69, 9.17) is 15.2 Å². The lowest BCUT2D eigenvalue weighted by Crippen LogP contribution is -2.48. The Morgan fingerprint density at radius 3 is 2.16 bits per heavy atom. The van der Waals surface area contributed by atoms with E-state index in [0.717, 1.165) is 53.9 Å². The van der Waals surface area contributed by atoms with Gasteiger partial charge in [-0.2, -0.15) is 0 Å². The van der Waals surface area contributed by atoms with Crippen molar-refractivity contribution in [2.24, 2.45) is 23.5 Å². The van der Waals surface area contributed by atoms with Gasteiger partial charge < -0.3 is 15.2 Å². The van der Waals surface area contributed by atoms with E-state index in [1.54, 1.807) is 12.1 Å². The number of primary amides is 1. The van der Waals surface area contributed by atoms with Gasteiger partial charge in [-0.3, -0.25) is 4.79 Å². The standard InChI is InChI=1S/C33H41NO4/c1-2-37-32(36)28-12-9-23(10-13-28)7-8-24-11-14-29(30(19-24)38-15-5-3-4-6-31(34)35)33-20-25-16-26(21-33)18-27(17-25)22-33/h7-14,19,25-27H,2-6,15-18,20-22H2,1H3,(H2,34,35)/b8-7+. The monoisotopic (exact) mass is 515 g/mol. The maximum absolute atomic E-state index is 11.9. The number of hydrogen-bond acceptors (Lipinski definition) is 4. The second-order valence-electron chi connectivity index (χ2n) is 11.8. The first-order valence-corrected chi connectivity index (χ1v) is 14.4. The zero-order valence-corrected chi connectivity index (χ0v) is 22.6. The van der Waals surface area contributed by atoms with E-state index < -0.39 is 0 Å². The Bertz CT molecular complexity index is 1130. The molecule has 4 bridgehead atoms. The topological polar surface area (TPSA) is 78.6 Å². The number of hydrogen-bond donors (Lipinski definition) is 1. The normalized spacial score (nSPS) is 25.6. The minimum atomic E-state index is -0.292. The van der Waals surface area contributed by atoms with Gasteiger partial charge in [0.2, 0.25) is 5.91 Å². The van der Waals surface area contributed by atoms with Gasteiger partial charge in [0.1, 0.15) is 5.75 Å². The molecule has 0 saturated heterocycles. The maximum atomic E-state index is 11.9. The van der Waals surface area contributed by atoms with Gasteiger partial charge in [0.15, 0.2) is 0 Å². The van der Waals surface area contributed by atoms with E-state index >= 15 is 0 Å². The lowest BCUT2D eigenvalue weighted by molar-refractivity contribution is -0.118. The van der Waals surface area contributed by atoms with Gasteiger partial charge in [-0.25, -0.2) is 4.79 Å². The summed E-state index contributed by atoms with van der Waals surface area (Å²) in [7, 11) is 0. The minimum absolute atomic E-state index is 0.231. The van der Waals surface area contributed by atoms with Crippen LogP contribution in [-0.2, 0) is 14.9 Å². The first-order chi connectivity index (χ1) is 18.4. The fraction of sp³-hybridized carbons (Fsp3) is 0.515. The summed E-state index contributed by atoms with van der Waals surface area (Å²) in [6.45, 7) is 2.84. The summed E-state index contributed by atoms with van der Waals surface area (Å²) in [5.41, 5.74) is 9.66. The van der Waals surface area contributed by atoms with Gasteiger partial charge in [-0.1, -0.05) is 36.4 Å². The highest BCUT2D eigenvalue weighted by Gasteiger charge is 2.52. The second kappa shape index (κ2) is 11.8. The number of esters is 1. The van der Waals surface area contributed by atoms with Crippen molar-refractivity contribution in [3.8, 4) is 5.75 Å². The molecule has 4 fully saturated rings. The van der Waals surface area contributed by atoms with Crippen molar-refractivity contribution >= 4 is 24.0 Å². The van der Waals surface area contributed by atoms with Crippen LogP contribution in [0.4, 0.5) is 0 Å². The summed E-state index contributed by atoms with van der Waals surface area (Å²) in [5.74, 6) is 3.13. The molecule has 4 aliphatic rings. The van der Waals surface area contributed by atoms with E-state index in [-0.39, 0.29) is 17.3 Å². The van der Waals surface area contributed by atoms with Crippen LogP contribution in [0.2, 0.25) is 0 Å². The van der Waals surface area contributed by atoms with Crippen LogP contribution in [-0.4, -0.2) is 25.1 Å². The molecule has 0 aromatic heterocycles. The molecule has 4 aliphatic carbocycles. The Balaban J connectivity index is 1.33. The van der Waals surface area contributed by atoms with E-state index in [0.29, 0.717) is 25.2 Å². The van der Waals surface area contributed by atoms with Gasteiger partial charge in [-0.15, -0.1) is 0 Å². The van der Waals surface area contributed by atoms with Crippen LogP contribution in [0.5, 0.6) is 5.75 Å². The molecule has 2 aromatic rings. The zero-order chi connectivity index (χ0) is 26.5. The third kappa shape index (κ3) is 6.14. The highest BCUT2D eigenvalue weighted by Crippen LogP contribution is 2.61. The van der Waals surface area contributed by atoms with Crippen molar-refractivity contribution < 1.29 is 19.1 Å². The zero-order valence-electron chi connectivity index (χ0n) is 22.6. The van der Waals surface area contributed by atoms with Crippen molar-refractivity contribution in [1.82, 2.24) is 0 Å². The molecule has 5 nitrogen and oxygen atoms in total. The Morgan fingerprint density at radius 1 is 0.895 bits per heavy atom. The smallest absolute Gasteiger partial charge is 0.338 e. The number of ether oxygens (including phenoxy) is 2. The third-order valence-electron chi connectivity index (χ3n) is 8.83. The number of nitrogens with two attached hydrogens (primary N) is 1. The summed E-state index contributed by atoms with van der Waals surface area (Å²) in [5, 5.41) is 0. The molecule has 0 radical (unpaired) electrons. The van der Waals surface area contributed by atoms with Crippen molar-refractivity contribution in [2.45, 2.75) is 76.5 Å². The molecule has 38 heavy (non-hydrogen) atoms. The van der Waals surface area contributed by atoms with Crippen LogP contribution in [0, 0.1) is 17.8 Å². The minimum Gasteiger partial charge on any atom is -0.493 e. The molecule has 0 unspecified atom stereocenters. The van der Waals surface area contributed by atoms with Gasteiger partial charge in [0.05, 0.1) is 18.8 Å². The first kappa shape index (κ1) is 26.5. The van der Waals surface area contributed by atoms with E-state index in [9.17, 15) is 9.59 Å². The molecule has 1 amide bonds. The largest absolute Gasteiger partial charge is 0.493 e. The average Bonchev–Trinajstić information content (AvgIpc) is 2.89. The van der Waals surface area contributed by atoms with E-state index in [2.05, 4.69) is 30.4 Å². The number of amides is 1. The number of unbranched alkanes of at least 4 members (excludes halogenated alkanes) is 2. The predicted octanol–water partition coefficient (Wildman–Crippen LogP) is 6.93. The summed E-state index contributed by atoms with van der Waals surface area (Å²) in [4.78, 5) is 23.0. The van der Waals surface area contributed by atoms with E-state index in [1.165, 1.54) is 44.1 Å². The summed E-state index contributed by atoms with van der Waals surface area (Å²) in [6, 6.07) is 14.3. The molecular formula is C33H41NO4. The number of rotatable bonds is 12. The summed E-state index contributed by atoms with van der Waals surface area (Å²) < 4.78 is 11.6. The molecular weight excluding hydrogens is 474 g/mol. The van der Waals surface area contributed by atoms with Crippen molar-refractivity contribution in [2.75, 3.05) is 13.2 Å². The molecule has 2 N–H and O–H groups in total. The number of benzene rings is 2. The van der Waals surface area contributed by atoms with Gasteiger partial charge in [0, 0.05) is 12.0 Å². The van der Waals surface area contributed by atoms with Crippen LogP contribution in [0.15, 0.2) is 42.5 Å².